The van der Waals surface area contributed by atoms with Crippen molar-refractivity contribution in [3.05, 3.63) is 65.7 Å². The third-order valence-electron chi connectivity index (χ3n) is 4.46. The van der Waals surface area contributed by atoms with E-state index in [0.29, 0.717) is 19.1 Å². The summed E-state index contributed by atoms with van der Waals surface area (Å²) in [5, 5.41) is 0. The minimum Gasteiger partial charge on any atom is -0.493 e. The van der Waals surface area contributed by atoms with E-state index in [2.05, 4.69) is 26.0 Å². The zero-order chi connectivity index (χ0) is 16.9. The molecule has 0 aromatic heterocycles. The van der Waals surface area contributed by atoms with E-state index in [1.165, 1.54) is 5.56 Å². The summed E-state index contributed by atoms with van der Waals surface area (Å²) in [4.78, 5) is 12.0. The van der Waals surface area contributed by atoms with Crippen LogP contribution >= 0.6 is 0 Å². The summed E-state index contributed by atoms with van der Waals surface area (Å²) in [5.74, 6) is 1.54. The van der Waals surface area contributed by atoms with E-state index < -0.39 is 0 Å². The second-order valence-corrected chi connectivity index (χ2v) is 6.73. The van der Waals surface area contributed by atoms with Gasteiger partial charge >= 0.3 is 5.97 Å². The minimum atomic E-state index is -0.109. The van der Waals surface area contributed by atoms with Gasteiger partial charge in [0.1, 0.15) is 12.4 Å². The highest BCUT2D eigenvalue weighted by Gasteiger charge is 2.44. The van der Waals surface area contributed by atoms with Gasteiger partial charge in [0.25, 0.3) is 0 Å². The molecule has 0 spiro atoms. The summed E-state index contributed by atoms with van der Waals surface area (Å²) in [7, 11) is 0. The van der Waals surface area contributed by atoms with Gasteiger partial charge in [-0.2, -0.15) is 0 Å². The Labute approximate surface area is 143 Å². The van der Waals surface area contributed by atoms with Crippen LogP contribution in [-0.2, 0) is 16.1 Å². The zero-order valence-electron chi connectivity index (χ0n) is 14.3. The summed E-state index contributed by atoms with van der Waals surface area (Å²) in [6.45, 7) is 5.27. The van der Waals surface area contributed by atoms with Crippen molar-refractivity contribution < 1.29 is 14.3 Å². The van der Waals surface area contributed by atoms with Crippen molar-refractivity contribution in [2.45, 2.75) is 32.8 Å². The van der Waals surface area contributed by atoms with E-state index in [1.54, 1.807) is 0 Å². The molecule has 2 aromatic carbocycles. The Balaban J connectivity index is 1.40. The summed E-state index contributed by atoms with van der Waals surface area (Å²) in [5.41, 5.74) is 2.32. The van der Waals surface area contributed by atoms with Crippen molar-refractivity contribution in [1.29, 1.82) is 0 Å². The lowest BCUT2D eigenvalue weighted by Gasteiger charge is -2.09. The average molecular weight is 324 g/mol. The van der Waals surface area contributed by atoms with Crippen molar-refractivity contribution in [2.24, 2.45) is 11.8 Å². The van der Waals surface area contributed by atoms with Gasteiger partial charge in [0.15, 0.2) is 0 Å². The van der Waals surface area contributed by atoms with Crippen LogP contribution < -0.4 is 4.74 Å². The van der Waals surface area contributed by atoms with Crippen LogP contribution in [0.5, 0.6) is 5.75 Å². The number of esters is 1. The molecule has 0 bridgehead atoms. The van der Waals surface area contributed by atoms with Crippen LogP contribution in [0.3, 0.4) is 0 Å². The molecule has 2 unspecified atom stereocenters. The SMILES string of the molecule is CC(C)c1ccc(OCC2CC2C(=O)OCc2ccccc2)cc1. The molecule has 0 saturated heterocycles. The molecule has 126 valence electrons. The van der Waals surface area contributed by atoms with Crippen LogP contribution in [0.1, 0.15) is 37.3 Å². The summed E-state index contributed by atoms with van der Waals surface area (Å²) >= 11 is 0. The Hall–Kier alpha value is -2.29. The lowest BCUT2D eigenvalue weighted by atomic mass is 10.0. The highest BCUT2D eigenvalue weighted by molar-refractivity contribution is 5.75. The Kier molecular flexibility index (Phi) is 5.19. The van der Waals surface area contributed by atoms with E-state index in [1.807, 2.05) is 42.5 Å². The van der Waals surface area contributed by atoms with E-state index >= 15 is 0 Å². The Morgan fingerprint density at radius 3 is 2.46 bits per heavy atom. The van der Waals surface area contributed by atoms with Gasteiger partial charge in [-0.15, -0.1) is 0 Å². The smallest absolute Gasteiger partial charge is 0.309 e. The number of carbonyl (C=O) groups is 1. The second-order valence-electron chi connectivity index (χ2n) is 6.73. The molecule has 1 saturated carbocycles. The van der Waals surface area contributed by atoms with Crippen LogP contribution in [0.2, 0.25) is 0 Å². The van der Waals surface area contributed by atoms with Crippen LogP contribution in [0.25, 0.3) is 0 Å². The van der Waals surface area contributed by atoms with Gasteiger partial charge in [-0.25, -0.2) is 0 Å². The molecule has 24 heavy (non-hydrogen) atoms. The number of hydrogen-bond donors (Lipinski definition) is 0. The molecule has 1 aliphatic rings. The van der Waals surface area contributed by atoms with Gasteiger partial charge in [-0.3, -0.25) is 4.79 Å². The Bertz CT molecular complexity index is 661. The Morgan fingerprint density at radius 2 is 1.79 bits per heavy atom. The van der Waals surface area contributed by atoms with E-state index in [9.17, 15) is 4.79 Å². The van der Waals surface area contributed by atoms with Crippen LogP contribution in [0.4, 0.5) is 0 Å². The normalized spacial score (nSPS) is 19.1. The maximum absolute atomic E-state index is 12.0. The molecule has 0 aliphatic heterocycles. The van der Waals surface area contributed by atoms with Gasteiger partial charge < -0.3 is 9.47 Å². The molecule has 3 rings (SSSR count). The van der Waals surface area contributed by atoms with Crippen molar-refractivity contribution in [1.82, 2.24) is 0 Å². The maximum Gasteiger partial charge on any atom is 0.309 e. The molecule has 0 radical (unpaired) electrons. The number of carbonyl (C=O) groups excluding carboxylic acids is 1. The van der Waals surface area contributed by atoms with Crippen LogP contribution in [0, 0.1) is 11.8 Å². The van der Waals surface area contributed by atoms with E-state index in [0.717, 1.165) is 17.7 Å². The molecule has 0 N–H and O–H groups in total. The van der Waals surface area contributed by atoms with E-state index in [4.69, 9.17) is 9.47 Å². The van der Waals surface area contributed by atoms with Gasteiger partial charge in [0, 0.05) is 5.92 Å². The summed E-state index contributed by atoms with van der Waals surface area (Å²) in [6.07, 6.45) is 0.859. The first-order valence-electron chi connectivity index (χ1n) is 8.57. The molecule has 2 aromatic rings. The van der Waals surface area contributed by atoms with E-state index in [-0.39, 0.29) is 17.8 Å². The molecule has 0 heterocycles. The summed E-state index contributed by atoms with van der Waals surface area (Å²) < 4.78 is 11.2. The number of hydrogen-bond acceptors (Lipinski definition) is 3. The number of benzene rings is 2. The first kappa shape index (κ1) is 16.6. The second kappa shape index (κ2) is 7.52. The predicted molar refractivity (Wildman–Crippen MR) is 93.9 cm³/mol. The highest BCUT2D eigenvalue weighted by atomic mass is 16.5. The lowest BCUT2D eigenvalue weighted by molar-refractivity contribution is -0.147. The minimum absolute atomic E-state index is 0.0105. The zero-order valence-corrected chi connectivity index (χ0v) is 14.3. The standard InChI is InChI=1S/C21H24O3/c1-15(2)17-8-10-19(11-9-17)23-14-18-12-20(18)21(22)24-13-16-6-4-3-5-7-16/h3-11,15,18,20H,12-14H2,1-2H3. The van der Waals surface area contributed by atoms with Gasteiger partial charge in [-0.1, -0.05) is 56.3 Å². The highest BCUT2D eigenvalue weighted by Crippen LogP contribution is 2.40. The number of ether oxygens (including phenoxy) is 2. The van der Waals surface area contributed by atoms with Crippen molar-refractivity contribution in [3.8, 4) is 5.75 Å². The topological polar surface area (TPSA) is 35.5 Å². The molecule has 3 heteroatoms. The molecule has 1 aliphatic carbocycles. The molecule has 3 nitrogen and oxygen atoms in total. The number of rotatable bonds is 7. The quantitative estimate of drug-likeness (QED) is 0.700. The maximum atomic E-state index is 12.0. The largest absolute Gasteiger partial charge is 0.493 e. The van der Waals surface area contributed by atoms with Crippen LogP contribution in [0.15, 0.2) is 54.6 Å². The van der Waals surface area contributed by atoms with Crippen molar-refractivity contribution in [3.63, 3.8) is 0 Å². The van der Waals surface area contributed by atoms with Crippen molar-refractivity contribution >= 4 is 5.97 Å². The molecular formula is C21H24O3. The van der Waals surface area contributed by atoms with Gasteiger partial charge in [0.05, 0.1) is 12.5 Å². The Morgan fingerprint density at radius 1 is 1.08 bits per heavy atom. The predicted octanol–water partition coefficient (Wildman–Crippen LogP) is 4.57. The van der Waals surface area contributed by atoms with Gasteiger partial charge in [-0.05, 0) is 35.6 Å². The van der Waals surface area contributed by atoms with Crippen molar-refractivity contribution in [2.75, 3.05) is 6.61 Å². The average Bonchev–Trinajstić information content (AvgIpc) is 3.39. The first-order chi connectivity index (χ1) is 11.6. The third kappa shape index (κ3) is 4.38. The molecule has 2 atom stereocenters. The first-order valence-corrected chi connectivity index (χ1v) is 8.57. The third-order valence-corrected chi connectivity index (χ3v) is 4.46. The van der Waals surface area contributed by atoms with Gasteiger partial charge in [0.2, 0.25) is 0 Å². The molecule has 0 amide bonds. The molecule has 1 fully saturated rings. The molecular weight excluding hydrogens is 300 g/mol. The lowest BCUT2D eigenvalue weighted by Crippen LogP contribution is -2.11. The fourth-order valence-corrected chi connectivity index (χ4v) is 2.71. The fraction of sp³-hybridized carbons (Fsp3) is 0.381. The fourth-order valence-electron chi connectivity index (χ4n) is 2.71. The summed E-state index contributed by atoms with van der Waals surface area (Å²) in [6, 6.07) is 18.0. The monoisotopic (exact) mass is 324 g/mol. The van der Waals surface area contributed by atoms with Crippen LogP contribution in [-0.4, -0.2) is 12.6 Å².